The molecule has 92 valence electrons. The van der Waals surface area contributed by atoms with E-state index >= 15 is 0 Å². The fourth-order valence-corrected chi connectivity index (χ4v) is 2.34. The minimum Gasteiger partial charge on any atom is -0.339 e. The van der Waals surface area contributed by atoms with Gasteiger partial charge in [-0.05, 0) is 30.2 Å². The lowest BCUT2D eigenvalue weighted by Gasteiger charge is -2.20. The first-order chi connectivity index (χ1) is 8.83. The second kappa shape index (κ2) is 4.92. The molecular weight excluding hydrogens is 248 g/mol. The number of halogens is 1. The first kappa shape index (κ1) is 11.4. The monoisotopic (exact) mass is 260 g/mol. The quantitative estimate of drug-likeness (QED) is 0.871. The SMILES string of the molecule is Clc1cncc(Nc2cccc3c2CCNC3)n1. The maximum atomic E-state index is 5.83. The number of nitrogens with zero attached hydrogens (tertiary/aromatic N) is 2. The van der Waals surface area contributed by atoms with Gasteiger partial charge in [-0.15, -0.1) is 0 Å². The van der Waals surface area contributed by atoms with Crippen molar-refractivity contribution in [2.75, 3.05) is 11.9 Å². The Hall–Kier alpha value is -1.65. The third-order valence-electron chi connectivity index (χ3n) is 3.01. The second-order valence-corrected chi connectivity index (χ2v) is 4.61. The van der Waals surface area contributed by atoms with E-state index in [-0.39, 0.29) is 0 Å². The lowest BCUT2D eigenvalue weighted by Crippen LogP contribution is -2.24. The smallest absolute Gasteiger partial charge is 0.150 e. The number of hydrogen-bond acceptors (Lipinski definition) is 4. The highest BCUT2D eigenvalue weighted by Gasteiger charge is 2.12. The molecule has 0 spiro atoms. The van der Waals surface area contributed by atoms with Crippen LogP contribution in [-0.2, 0) is 13.0 Å². The number of hydrogen-bond donors (Lipinski definition) is 2. The van der Waals surface area contributed by atoms with Gasteiger partial charge in [0.15, 0.2) is 5.82 Å². The van der Waals surface area contributed by atoms with Gasteiger partial charge in [0.1, 0.15) is 5.15 Å². The Morgan fingerprint density at radius 1 is 1.28 bits per heavy atom. The molecule has 0 radical (unpaired) electrons. The Labute approximate surface area is 110 Å². The minimum atomic E-state index is 0.395. The number of benzene rings is 1. The van der Waals surface area contributed by atoms with Crippen molar-refractivity contribution in [1.82, 2.24) is 15.3 Å². The van der Waals surface area contributed by atoms with Crippen LogP contribution in [-0.4, -0.2) is 16.5 Å². The van der Waals surface area contributed by atoms with Gasteiger partial charge < -0.3 is 10.6 Å². The van der Waals surface area contributed by atoms with Crippen molar-refractivity contribution in [1.29, 1.82) is 0 Å². The number of aromatic nitrogens is 2. The van der Waals surface area contributed by atoms with Crippen LogP contribution >= 0.6 is 11.6 Å². The van der Waals surface area contributed by atoms with Crippen LogP contribution < -0.4 is 10.6 Å². The van der Waals surface area contributed by atoms with Gasteiger partial charge in [-0.2, -0.15) is 0 Å². The summed E-state index contributed by atoms with van der Waals surface area (Å²) in [5, 5.41) is 7.05. The topological polar surface area (TPSA) is 49.8 Å². The normalized spacial score (nSPS) is 14.1. The highest BCUT2D eigenvalue weighted by molar-refractivity contribution is 6.29. The van der Waals surface area contributed by atoms with E-state index in [2.05, 4.69) is 32.7 Å². The van der Waals surface area contributed by atoms with Crippen LogP contribution in [0.1, 0.15) is 11.1 Å². The predicted octanol–water partition coefficient (Wildman–Crippen LogP) is 2.52. The summed E-state index contributed by atoms with van der Waals surface area (Å²) < 4.78 is 0. The molecule has 0 fully saturated rings. The van der Waals surface area contributed by atoms with Crippen molar-refractivity contribution in [3.63, 3.8) is 0 Å². The summed E-state index contributed by atoms with van der Waals surface area (Å²) in [6, 6.07) is 6.26. The largest absolute Gasteiger partial charge is 0.339 e. The zero-order valence-electron chi connectivity index (χ0n) is 9.78. The van der Waals surface area contributed by atoms with Crippen molar-refractivity contribution < 1.29 is 0 Å². The van der Waals surface area contributed by atoms with Gasteiger partial charge in [0.05, 0.1) is 12.4 Å². The van der Waals surface area contributed by atoms with E-state index in [1.54, 1.807) is 6.20 Å². The molecule has 1 aromatic heterocycles. The molecule has 2 heterocycles. The van der Waals surface area contributed by atoms with E-state index < -0.39 is 0 Å². The Bertz CT molecular complexity index is 571. The molecule has 18 heavy (non-hydrogen) atoms. The molecule has 1 aromatic carbocycles. The molecular formula is C13H13ClN4. The standard InChI is InChI=1S/C13H13ClN4/c14-12-7-16-8-13(18-12)17-11-3-1-2-9-6-15-5-4-10(9)11/h1-3,7-8,15H,4-6H2,(H,17,18). The fraction of sp³-hybridized carbons (Fsp3) is 0.231. The Morgan fingerprint density at radius 3 is 3.11 bits per heavy atom. The van der Waals surface area contributed by atoms with Crippen LogP contribution in [0.4, 0.5) is 11.5 Å². The third kappa shape index (κ3) is 2.30. The highest BCUT2D eigenvalue weighted by atomic mass is 35.5. The number of fused-ring (bicyclic) bond motifs is 1. The van der Waals surface area contributed by atoms with Gasteiger partial charge >= 0.3 is 0 Å². The highest BCUT2D eigenvalue weighted by Crippen LogP contribution is 2.25. The van der Waals surface area contributed by atoms with Gasteiger partial charge in [-0.3, -0.25) is 4.98 Å². The zero-order valence-corrected chi connectivity index (χ0v) is 10.5. The molecule has 1 aliphatic rings. The van der Waals surface area contributed by atoms with E-state index in [0.29, 0.717) is 11.0 Å². The fourth-order valence-electron chi connectivity index (χ4n) is 2.19. The summed E-state index contributed by atoms with van der Waals surface area (Å²) in [5.74, 6) is 0.675. The van der Waals surface area contributed by atoms with Crippen molar-refractivity contribution in [2.24, 2.45) is 0 Å². The summed E-state index contributed by atoms with van der Waals surface area (Å²) in [6.45, 7) is 1.93. The first-order valence-electron chi connectivity index (χ1n) is 5.89. The summed E-state index contributed by atoms with van der Waals surface area (Å²) in [5.41, 5.74) is 3.77. The Kier molecular flexibility index (Phi) is 3.13. The van der Waals surface area contributed by atoms with Crippen LogP contribution in [0.5, 0.6) is 0 Å². The number of rotatable bonds is 2. The molecule has 0 unspecified atom stereocenters. The lowest BCUT2D eigenvalue weighted by atomic mass is 9.99. The molecule has 5 heteroatoms. The lowest BCUT2D eigenvalue weighted by molar-refractivity contribution is 0.645. The maximum Gasteiger partial charge on any atom is 0.150 e. The molecule has 0 saturated heterocycles. The van der Waals surface area contributed by atoms with Gasteiger partial charge in [0.2, 0.25) is 0 Å². The molecule has 0 amide bonds. The van der Waals surface area contributed by atoms with Crippen molar-refractivity contribution in [3.05, 3.63) is 46.9 Å². The number of nitrogens with one attached hydrogen (secondary N) is 2. The summed E-state index contributed by atoms with van der Waals surface area (Å²) >= 11 is 5.83. The molecule has 2 N–H and O–H groups in total. The third-order valence-corrected chi connectivity index (χ3v) is 3.19. The summed E-state index contributed by atoms with van der Waals surface area (Å²) in [7, 11) is 0. The predicted molar refractivity (Wildman–Crippen MR) is 72.2 cm³/mol. The van der Waals surface area contributed by atoms with Gasteiger partial charge in [-0.25, -0.2) is 4.98 Å². The zero-order chi connectivity index (χ0) is 12.4. The van der Waals surface area contributed by atoms with Crippen LogP contribution in [0.15, 0.2) is 30.6 Å². The summed E-state index contributed by atoms with van der Waals surface area (Å²) in [4.78, 5) is 8.22. The molecule has 0 atom stereocenters. The molecule has 1 aliphatic heterocycles. The average Bonchev–Trinajstić information content (AvgIpc) is 2.39. The van der Waals surface area contributed by atoms with Crippen molar-refractivity contribution in [3.8, 4) is 0 Å². The van der Waals surface area contributed by atoms with E-state index in [4.69, 9.17) is 11.6 Å². The van der Waals surface area contributed by atoms with E-state index in [9.17, 15) is 0 Å². The summed E-state index contributed by atoms with van der Waals surface area (Å²) in [6.07, 6.45) is 4.22. The molecule has 0 saturated carbocycles. The maximum absolute atomic E-state index is 5.83. The van der Waals surface area contributed by atoms with E-state index in [1.807, 2.05) is 6.07 Å². The van der Waals surface area contributed by atoms with Gasteiger partial charge in [-0.1, -0.05) is 23.7 Å². The van der Waals surface area contributed by atoms with Crippen LogP contribution in [0.25, 0.3) is 0 Å². The molecule has 3 rings (SSSR count). The molecule has 4 nitrogen and oxygen atoms in total. The van der Waals surface area contributed by atoms with Crippen molar-refractivity contribution >= 4 is 23.1 Å². The average molecular weight is 261 g/mol. The molecule has 2 aromatic rings. The molecule has 0 aliphatic carbocycles. The Morgan fingerprint density at radius 2 is 2.22 bits per heavy atom. The van der Waals surface area contributed by atoms with Gasteiger partial charge in [0, 0.05) is 12.2 Å². The molecule has 0 bridgehead atoms. The minimum absolute atomic E-state index is 0.395. The van der Waals surface area contributed by atoms with Crippen LogP contribution in [0.3, 0.4) is 0 Å². The number of anilines is 2. The van der Waals surface area contributed by atoms with Crippen molar-refractivity contribution in [2.45, 2.75) is 13.0 Å². The van der Waals surface area contributed by atoms with Crippen LogP contribution in [0, 0.1) is 0 Å². The van der Waals surface area contributed by atoms with Crippen LogP contribution in [0.2, 0.25) is 5.15 Å². The second-order valence-electron chi connectivity index (χ2n) is 4.22. The van der Waals surface area contributed by atoms with E-state index in [0.717, 1.165) is 25.2 Å². The van der Waals surface area contributed by atoms with E-state index in [1.165, 1.54) is 17.3 Å². The Balaban J connectivity index is 1.93. The van der Waals surface area contributed by atoms with Gasteiger partial charge in [0.25, 0.3) is 0 Å². The first-order valence-corrected chi connectivity index (χ1v) is 6.27.